The van der Waals surface area contributed by atoms with Crippen LogP contribution in [0.1, 0.15) is 30.4 Å². The Bertz CT molecular complexity index is 851. The fourth-order valence-electron chi connectivity index (χ4n) is 3.89. The number of hydrogen-bond acceptors (Lipinski definition) is 4. The number of fused-ring (bicyclic) bond motifs is 1. The number of nitrogens with zero attached hydrogens (tertiary/aromatic N) is 2. The summed E-state index contributed by atoms with van der Waals surface area (Å²) in [5.41, 5.74) is 3.42. The molecule has 1 fully saturated rings. The fourth-order valence-corrected chi connectivity index (χ4v) is 3.89. The zero-order valence-electron chi connectivity index (χ0n) is 16.1. The quantitative estimate of drug-likeness (QED) is 0.600. The Morgan fingerprint density at radius 3 is 2.74 bits per heavy atom. The van der Waals surface area contributed by atoms with Gasteiger partial charge in [-0.3, -0.25) is 0 Å². The monoisotopic (exact) mass is 364 g/mol. The molecular formula is C23H28N2O2. The average molecular weight is 364 g/mol. The smallest absolute Gasteiger partial charge is 0.262 e. The molecule has 0 N–H and O–H groups in total. The van der Waals surface area contributed by atoms with Crippen LogP contribution in [0.25, 0.3) is 11.0 Å². The number of piperidine rings is 1. The van der Waals surface area contributed by atoms with Gasteiger partial charge in [0.15, 0.2) is 5.58 Å². The van der Waals surface area contributed by atoms with Crippen LogP contribution in [0.3, 0.4) is 0 Å². The largest absolute Gasteiger partial charge is 0.475 e. The number of aryl methyl sites for hydroxylation is 1. The van der Waals surface area contributed by atoms with E-state index >= 15 is 0 Å². The van der Waals surface area contributed by atoms with Crippen molar-refractivity contribution in [1.82, 2.24) is 10.1 Å². The summed E-state index contributed by atoms with van der Waals surface area (Å²) in [6, 6.07) is 16.8. The predicted molar refractivity (Wildman–Crippen MR) is 108 cm³/mol. The maximum Gasteiger partial charge on any atom is 0.262 e. The Balaban J connectivity index is 1.19. The SMILES string of the molecule is Cc1ccc2onc(OCCC3CCN(CCc4ccccc4)CC3)c2c1. The second-order valence-electron chi connectivity index (χ2n) is 7.65. The first-order chi connectivity index (χ1) is 13.3. The number of benzene rings is 2. The molecule has 1 aromatic heterocycles. The number of rotatable bonds is 7. The Morgan fingerprint density at radius 1 is 1.11 bits per heavy atom. The Morgan fingerprint density at radius 2 is 1.93 bits per heavy atom. The second-order valence-corrected chi connectivity index (χ2v) is 7.65. The zero-order chi connectivity index (χ0) is 18.5. The van der Waals surface area contributed by atoms with Crippen LogP contribution >= 0.6 is 0 Å². The topological polar surface area (TPSA) is 38.5 Å². The molecule has 4 nitrogen and oxygen atoms in total. The van der Waals surface area contributed by atoms with E-state index in [4.69, 9.17) is 9.26 Å². The molecule has 0 aliphatic carbocycles. The van der Waals surface area contributed by atoms with E-state index in [1.54, 1.807) is 0 Å². The fraction of sp³-hybridized carbons (Fsp3) is 0.435. The molecule has 4 rings (SSSR count). The molecule has 27 heavy (non-hydrogen) atoms. The lowest BCUT2D eigenvalue weighted by molar-refractivity contribution is 0.162. The summed E-state index contributed by atoms with van der Waals surface area (Å²) in [4.78, 5) is 2.60. The van der Waals surface area contributed by atoms with Gasteiger partial charge >= 0.3 is 0 Å². The summed E-state index contributed by atoms with van der Waals surface area (Å²) in [6.07, 6.45) is 4.76. The molecular weight excluding hydrogens is 336 g/mol. The minimum Gasteiger partial charge on any atom is -0.475 e. The van der Waals surface area contributed by atoms with Gasteiger partial charge in [-0.2, -0.15) is 0 Å². The van der Waals surface area contributed by atoms with Gasteiger partial charge in [0.25, 0.3) is 5.88 Å². The third-order valence-corrected chi connectivity index (χ3v) is 5.62. The molecule has 1 aliphatic rings. The molecule has 3 aromatic rings. The molecule has 2 heterocycles. The Hall–Kier alpha value is -2.33. The number of likely N-dealkylation sites (tertiary alicyclic amines) is 1. The maximum absolute atomic E-state index is 5.93. The van der Waals surface area contributed by atoms with E-state index in [-0.39, 0.29) is 0 Å². The van der Waals surface area contributed by atoms with Crippen molar-refractivity contribution < 1.29 is 9.26 Å². The molecule has 0 unspecified atom stereocenters. The lowest BCUT2D eigenvalue weighted by Crippen LogP contribution is -2.35. The maximum atomic E-state index is 5.93. The van der Waals surface area contributed by atoms with Gasteiger partial charge < -0.3 is 14.2 Å². The van der Waals surface area contributed by atoms with E-state index in [0.717, 1.165) is 36.3 Å². The van der Waals surface area contributed by atoms with Crippen molar-refractivity contribution in [3.05, 3.63) is 59.7 Å². The minimum absolute atomic E-state index is 0.633. The van der Waals surface area contributed by atoms with E-state index in [1.807, 2.05) is 12.1 Å². The van der Waals surface area contributed by atoms with E-state index in [0.29, 0.717) is 12.5 Å². The molecule has 1 aliphatic heterocycles. The van der Waals surface area contributed by atoms with Crippen molar-refractivity contribution in [2.75, 3.05) is 26.2 Å². The molecule has 0 bridgehead atoms. The van der Waals surface area contributed by atoms with Crippen LogP contribution in [0, 0.1) is 12.8 Å². The average Bonchev–Trinajstić information content (AvgIpc) is 3.10. The molecule has 0 radical (unpaired) electrons. The predicted octanol–water partition coefficient (Wildman–Crippen LogP) is 4.86. The molecule has 2 aromatic carbocycles. The number of aromatic nitrogens is 1. The molecule has 0 spiro atoms. The zero-order valence-corrected chi connectivity index (χ0v) is 16.1. The van der Waals surface area contributed by atoms with Crippen molar-refractivity contribution in [3.8, 4) is 5.88 Å². The van der Waals surface area contributed by atoms with Gasteiger partial charge in [0.05, 0.1) is 12.0 Å². The first-order valence-electron chi connectivity index (χ1n) is 10.0. The molecule has 0 saturated carbocycles. The van der Waals surface area contributed by atoms with E-state index in [1.165, 1.54) is 37.1 Å². The van der Waals surface area contributed by atoms with Crippen molar-refractivity contribution in [3.63, 3.8) is 0 Å². The molecule has 1 saturated heterocycles. The van der Waals surface area contributed by atoms with Crippen LogP contribution in [0.4, 0.5) is 0 Å². The lowest BCUT2D eigenvalue weighted by Gasteiger charge is -2.31. The molecule has 0 amide bonds. The van der Waals surface area contributed by atoms with Gasteiger partial charge in [0.1, 0.15) is 0 Å². The van der Waals surface area contributed by atoms with E-state index in [2.05, 4.69) is 53.4 Å². The highest BCUT2D eigenvalue weighted by molar-refractivity contribution is 5.82. The van der Waals surface area contributed by atoms with Gasteiger partial charge in [0.2, 0.25) is 0 Å². The normalized spacial score (nSPS) is 16.0. The Kier molecular flexibility index (Phi) is 5.73. The summed E-state index contributed by atoms with van der Waals surface area (Å²) >= 11 is 0. The molecule has 4 heteroatoms. The van der Waals surface area contributed by atoms with Crippen molar-refractivity contribution >= 4 is 11.0 Å². The van der Waals surface area contributed by atoms with Gasteiger partial charge in [-0.25, -0.2) is 0 Å². The lowest BCUT2D eigenvalue weighted by atomic mass is 9.93. The summed E-state index contributed by atoms with van der Waals surface area (Å²) in [6.45, 7) is 6.34. The second kappa shape index (κ2) is 8.57. The third-order valence-electron chi connectivity index (χ3n) is 5.62. The third kappa shape index (κ3) is 4.69. The molecule has 142 valence electrons. The van der Waals surface area contributed by atoms with E-state index < -0.39 is 0 Å². The van der Waals surface area contributed by atoms with Crippen LogP contribution in [0.5, 0.6) is 5.88 Å². The van der Waals surface area contributed by atoms with Gasteiger partial charge in [-0.1, -0.05) is 42.0 Å². The van der Waals surface area contributed by atoms with Crippen LogP contribution in [-0.2, 0) is 6.42 Å². The standard InChI is InChI=1S/C23H28N2O2/c1-18-7-8-22-21(17-18)23(24-27-22)26-16-12-20-10-14-25(15-11-20)13-9-19-5-3-2-4-6-19/h2-8,17,20H,9-16H2,1H3. The van der Waals surface area contributed by atoms with Gasteiger partial charge in [-0.15, -0.1) is 0 Å². The number of hydrogen-bond donors (Lipinski definition) is 0. The van der Waals surface area contributed by atoms with Crippen molar-refractivity contribution in [2.45, 2.75) is 32.6 Å². The first-order valence-corrected chi connectivity index (χ1v) is 10.0. The van der Waals surface area contributed by atoms with Crippen molar-refractivity contribution in [1.29, 1.82) is 0 Å². The van der Waals surface area contributed by atoms with Crippen molar-refractivity contribution in [2.24, 2.45) is 5.92 Å². The summed E-state index contributed by atoms with van der Waals surface area (Å²) < 4.78 is 11.3. The van der Waals surface area contributed by atoms with Crippen LogP contribution in [-0.4, -0.2) is 36.3 Å². The highest BCUT2D eigenvalue weighted by Crippen LogP contribution is 2.27. The highest BCUT2D eigenvalue weighted by Gasteiger charge is 2.19. The van der Waals surface area contributed by atoms with Crippen LogP contribution in [0.2, 0.25) is 0 Å². The van der Waals surface area contributed by atoms with Crippen LogP contribution in [0.15, 0.2) is 53.1 Å². The minimum atomic E-state index is 0.633. The first kappa shape index (κ1) is 18.1. The summed E-state index contributed by atoms with van der Waals surface area (Å²) in [5, 5.41) is 5.06. The highest BCUT2D eigenvalue weighted by atomic mass is 16.5. The van der Waals surface area contributed by atoms with Crippen LogP contribution < -0.4 is 4.74 Å². The van der Waals surface area contributed by atoms with E-state index in [9.17, 15) is 0 Å². The summed E-state index contributed by atoms with van der Waals surface area (Å²) in [5.74, 6) is 1.38. The Labute approximate surface area is 161 Å². The summed E-state index contributed by atoms with van der Waals surface area (Å²) in [7, 11) is 0. The molecule has 0 atom stereocenters. The van der Waals surface area contributed by atoms with Gasteiger partial charge in [0, 0.05) is 6.54 Å². The van der Waals surface area contributed by atoms with Gasteiger partial charge in [-0.05, 0) is 74.5 Å². The number of ether oxygens (including phenoxy) is 1.